The van der Waals surface area contributed by atoms with Gasteiger partial charge in [-0.05, 0) is 88.7 Å². The Labute approximate surface area is 221 Å². The second-order valence-electron chi connectivity index (χ2n) is 13.3. The molecule has 37 heavy (non-hydrogen) atoms. The fourth-order valence-electron chi connectivity index (χ4n) is 7.21. The molecule has 3 amide bonds. The largest absolute Gasteiger partial charge is 0.333 e. The molecular formula is C30H43N5O2. The Hall–Kier alpha value is -2.83. The van der Waals surface area contributed by atoms with Crippen LogP contribution in [0, 0.1) is 24.7 Å². The molecule has 200 valence electrons. The lowest BCUT2D eigenvalue weighted by Gasteiger charge is -2.57. The molecule has 7 heteroatoms. The van der Waals surface area contributed by atoms with E-state index in [1.807, 2.05) is 55.8 Å². The van der Waals surface area contributed by atoms with Crippen molar-refractivity contribution in [1.29, 1.82) is 0 Å². The number of anilines is 1. The lowest BCUT2D eigenvalue weighted by molar-refractivity contribution is -0.117. The van der Waals surface area contributed by atoms with E-state index in [1.54, 1.807) is 4.90 Å². The van der Waals surface area contributed by atoms with E-state index in [-0.39, 0.29) is 35.5 Å². The Morgan fingerprint density at radius 1 is 1.08 bits per heavy atom. The molecule has 6 rings (SSSR count). The molecule has 1 heterocycles. The number of nitrogens with zero attached hydrogens (tertiary/aromatic N) is 3. The summed E-state index contributed by atoms with van der Waals surface area (Å²) in [5, 5.41) is 11.3. The lowest BCUT2D eigenvalue weighted by atomic mass is 9.53. The van der Waals surface area contributed by atoms with Crippen molar-refractivity contribution in [2.75, 3.05) is 11.9 Å². The number of amides is 3. The first-order valence-electron chi connectivity index (χ1n) is 14.0. The molecule has 1 aromatic heterocycles. The summed E-state index contributed by atoms with van der Waals surface area (Å²) in [7, 11) is 0. The summed E-state index contributed by atoms with van der Waals surface area (Å²) in [5.41, 5.74) is 2.63. The highest BCUT2D eigenvalue weighted by atomic mass is 16.2. The topological polar surface area (TPSA) is 79.3 Å². The van der Waals surface area contributed by atoms with E-state index >= 15 is 0 Å². The van der Waals surface area contributed by atoms with Crippen molar-refractivity contribution in [3.8, 4) is 5.69 Å². The first-order chi connectivity index (χ1) is 17.4. The first kappa shape index (κ1) is 25.8. The molecule has 4 fully saturated rings. The maximum Gasteiger partial charge on any atom is 0.318 e. The standard InChI is InChI=1S/C30H43N5O2/c1-19(2)34(28(37)32-30-15-21-11-22(16-30)13-23(12-21)17-30)18-27(36)31-26-14-25(29(4,5)6)33-35(26)24-10-8-7-9-20(24)3/h7-10,14,19,21-23H,11-13,15-18H2,1-6H3,(H,31,36)(H,32,37). The van der Waals surface area contributed by atoms with Gasteiger partial charge in [-0.1, -0.05) is 39.0 Å². The molecule has 4 saturated carbocycles. The molecule has 0 radical (unpaired) electrons. The van der Waals surface area contributed by atoms with Gasteiger partial charge in [0, 0.05) is 23.1 Å². The van der Waals surface area contributed by atoms with E-state index in [0.717, 1.165) is 54.0 Å². The number of para-hydroxylation sites is 1. The summed E-state index contributed by atoms with van der Waals surface area (Å²) >= 11 is 0. The van der Waals surface area contributed by atoms with Gasteiger partial charge in [-0.15, -0.1) is 0 Å². The number of nitrogens with one attached hydrogen (secondary N) is 2. The number of aromatic nitrogens is 2. The Bertz CT molecular complexity index is 1140. The zero-order valence-electron chi connectivity index (χ0n) is 23.3. The number of hydrogen-bond donors (Lipinski definition) is 2. The second kappa shape index (κ2) is 9.48. The van der Waals surface area contributed by atoms with Crippen LogP contribution in [0.4, 0.5) is 10.6 Å². The van der Waals surface area contributed by atoms with Crippen molar-refractivity contribution in [2.45, 2.75) is 97.1 Å². The monoisotopic (exact) mass is 505 g/mol. The van der Waals surface area contributed by atoms with E-state index in [9.17, 15) is 9.59 Å². The van der Waals surface area contributed by atoms with Gasteiger partial charge in [0.2, 0.25) is 5.91 Å². The normalized spacial score (nSPS) is 26.4. The molecule has 0 unspecified atom stereocenters. The molecule has 2 aromatic rings. The van der Waals surface area contributed by atoms with Crippen LogP contribution in [0.1, 0.15) is 84.4 Å². The molecule has 4 aliphatic carbocycles. The molecule has 2 N–H and O–H groups in total. The maximum absolute atomic E-state index is 13.5. The van der Waals surface area contributed by atoms with E-state index in [2.05, 4.69) is 31.4 Å². The molecular weight excluding hydrogens is 462 g/mol. The Morgan fingerprint density at radius 3 is 2.22 bits per heavy atom. The summed E-state index contributed by atoms with van der Waals surface area (Å²) in [4.78, 5) is 28.6. The first-order valence-corrected chi connectivity index (χ1v) is 14.0. The van der Waals surface area contributed by atoms with Crippen molar-refractivity contribution in [2.24, 2.45) is 17.8 Å². The SMILES string of the molecule is Cc1ccccc1-n1nc(C(C)(C)C)cc1NC(=O)CN(C(=O)NC12CC3CC(CC(C3)C1)C2)C(C)C. The fraction of sp³-hybridized carbons (Fsp3) is 0.633. The van der Waals surface area contributed by atoms with Gasteiger partial charge in [0.15, 0.2) is 0 Å². The van der Waals surface area contributed by atoms with E-state index in [1.165, 1.54) is 19.3 Å². The van der Waals surface area contributed by atoms with Crippen molar-refractivity contribution < 1.29 is 9.59 Å². The molecule has 0 atom stereocenters. The molecule has 0 saturated heterocycles. The van der Waals surface area contributed by atoms with Crippen LogP contribution in [-0.2, 0) is 10.2 Å². The molecule has 7 nitrogen and oxygen atoms in total. The third kappa shape index (κ3) is 5.27. The zero-order valence-corrected chi connectivity index (χ0v) is 23.3. The van der Waals surface area contributed by atoms with Crippen LogP contribution < -0.4 is 10.6 Å². The van der Waals surface area contributed by atoms with Crippen LogP contribution in [-0.4, -0.2) is 44.7 Å². The Balaban J connectivity index is 1.32. The number of rotatable bonds is 6. The van der Waals surface area contributed by atoms with E-state index < -0.39 is 0 Å². The van der Waals surface area contributed by atoms with Crippen molar-refractivity contribution >= 4 is 17.8 Å². The lowest BCUT2D eigenvalue weighted by Crippen LogP contribution is -2.62. The van der Waals surface area contributed by atoms with Crippen molar-refractivity contribution in [3.63, 3.8) is 0 Å². The van der Waals surface area contributed by atoms with Crippen LogP contribution >= 0.6 is 0 Å². The summed E-state index contributed by atoms with van der Waals surface area (Å²) in [5.74, 6) is 2.65. The number of carbonyl (C=O) groups excluding carboxylic acids is 2. The highest BCUT2D eigenvalue weighted by Crippen LogP contribution is 2.55. The smallest absolute Gasteiger partial charge is 0.318 e. The van der Waals surface area contributed by atoms with Gasteiger partial charge in [-0.2, -0.15) is 5.10 Å². The van der Waals surface area contributed by atoms with Gasteiger partial charge in [-0.3, -0.25) is 4.79 Å². The Kier molecular flexibility index (Phi) is 6.61. The number of hydrogen-bond acceptors (Lipinski definition) is 3. The average molecular weight is 506 g/mol. The summed E-state index contributed by atoms with van der Waals surface area (Å²) < 4.78 is 1.81. The van der Waals surface area contributed by atoms with Crippen LogP contribution in [0.5, 0.6) is 0 Å². The maximum atomic E-state index is 13.5. The predicted molar refractivity (Wildman–Crippen MR) is 147 cm³/mol. The zero-order chi connectivity index (χ0) is 26.5. The molecule has 4 aliphatic rings. The molecule has 0 spiro atoms. The summed E-state index contributed by atoms with van der Waals surface area (Å²) in [6, 6.07) is 9.74. The second-order valence-corrected chi connectivity index (χ2v) is 13.3. The number of carbonyl (C=O) groups is 2. The van der Waals surface area contributed by atoms with E-state index in [4.69, 9.17) is 5.10 Å². The van der Waals surface area contributed by atoms with E-state index in [0.29, 0.717) is 5.82 Å². The molecule has 1 aromatic carbocycles. The van der Waals surface area contributed by atoms with Gasteiger partial charge >= 0.3 is 6.03 Å². The van der Waals surface area contributed by atoms with Gasteiger partial charge in [0.05, 0.1) is 11.4 Å². The minimum atomic E-state index is -0.218. The number of aryl methyl sites for hydroxylation is 1. The van der Waals surface area contributed by atoms with Gasteiger partial charge in [0.25, 0.3) is 0 Å². The third-order valence-electron chi connectivity index (χ3n) is 8.70. The van der Waals surface area contributed by atoms with Crippen LogP contribution in [0.15, 0.2) is 30.3 Å². The Morgan fingerprint density at radius 2 is 1.68 bits per heavy atom. The summed E-state index contributed by atoms with van der Waals surface area (Å²) in [6.07, 6.45) is 7.26. The fourth-order valence-corrected chi connectivity index (χ4v) is 7.21. The highest BCUT2D eigenvalue weighted by molar-refractivity contribution is 5.94. The third-order valence-corrected chi connectivity index (χ3v) is 8.70. The molecule has 4 bridgehead atoms. The van der Waals surface area contributed by atoms with Crippen LogP contribution in [0.25, 0.3) is 5.69 Å². The van der Waals surface area contributed by atoms with Crippen molar-refractivity contribution in [1.82, 2.24) is 20.0 Å². The minimum absolute atomic E-state index is 0.000329. The van der Waals surface area contributed by atoms with Crippen LogP contribution in [0.3, 0.4) is 0 Å². The number of benzene rings is 1. The quantitative estimate of drug-likeness (QED) is 0.520. The number of urea groups is 1. The van der Waals surface area contributed by atoms with Crippen LogP contribution in [0.2, 0.25) is 0 Å². The molecule has 0 aliphatic heterocycles. The summed E-state index contributed by atoms with van der Waals surface area (Å²) in [6.45, 7) is 12.3. The van der Waals surface area contributed by atoms with Crippen molar-refractivity contribution in [3.05, 3.63) is 41.6 Å². The van der Waals surface area contributed by atoms with Gasteiger partial charge in [-0.25, -0.2) is 9.48 Å². The minimum Gasteiger partial charge on any atom is -0.333 e. The predicted octanol–water partition coefficient (Wildman–Crippen LogP) is 5.81. The highest BCUT2D eigenvalue weighted by Gasteiger charge is 2.52. The van der Waals surface area contributed by atoms with Gasteiger partial charge < -0.3 is 15.5 Å². The average Bonchev–Trinajstić information content (AvgIpc) is 3.20. The van der Waals surface area contributed by atoms with Gasteiger partial charge in [0.1, 0.15) is 12.4 Å².